The van der Waals surface area contributed by atoms with Crippen LogP contribution in [0.5, 0.6) is 0 Å². The van der Waals surface area contributed by atoms with E-state index in [0.29, 0.717) is 5.56 Å². The summed E-state index contributed by atoms with van der Waals surface area (Å²) in [7, 11) is -3.88. The van der Waals surface area contributed by atoms with Crippen LogP contribution in [0.1, 0.15) is 26.3 Å². The Kier molecular flexibility index (Phi) is 4.69. The van der Waals surface area contributed by atoms with Gasteiger partial charge in [0.1, 0.15) is 10.7 Å². The van der Waals surface area contributed by atoms with Gasteiger partial charge >= 0.3 is 0 Å². The molecule has 1 aromatic carbocycles. The van der Waals surface area contributed by atoms with Crippen LogP contribution in [-0.4, -0.2) is 20.5 Å². The van der Waals surface area contributed by atoms with Crippen LogP contribution in [0.3, 0.4) is 0 Å². The molecule has 0 aromatic heterocycles. The zero-order valence-corrected chi connectivity index (χ0v) is 11.9. The number of benzene rings is 1. The van der Waals surface area contributed by atoms with Crippen LogP contribution in [0.25, 0.3) is 0 Å². The summed E-state index contributed by atoms with van der Waals surface area (Å²) in [4.78, 5) is -0.388. The van der Waals surface area contributed by atoms with Crippen LogP contribution in [0.4, 0.5) is 4.39 Å². The molecule has 4 nitrogen and oxygen atoms in total. The second-order valence-electron chi connectivity index (χ2n) is 5.01. The van der Waals surface area contributed by atoms with Crippen molar-refractivity contribution in [2.24, 2.45) is 5.73 Å². The highest BCUT2D eigenvalue weighted by Crippen LogP contribution is 2.17. The van der Waals surface area contributed by atoms with Crippen molar-refractivity contribution < 1.29 is 12.8 Å². The van der Waals surface area contributed by atoms with E-state index in [1.807, 2.05) is 0 Å². The number of hydrogen-bond donors (Lipinski definition) is 2. The molecule has 0 spiro atoms. The van der Waals surface area contributed by atoms with E-state index in [1.54, 1.807) is 20.8 Å². The molecular formula is C13H17FN2O2S. The summed E-state index contributed by atoms with van der Waals surface area (Å²) in [5.41, 5.74) is 4.92. The molecule has 1 rings (SSSR count). The van der Waals surface area contributed by atoms with E-state index in [4.69, 9.17) is 5.73 Å². The van der Waals surface area contributed by atoms with Crippen LogP contribution in [0.2, 0.25) is 0 Å². The van der Waals surface area contributed by atoms with Crippen molar-refractivity contribution in [3.8, 4) is 11.8 Å². The largest absolute Gasteiger partial charge is 0.320 e. The molecule has 0 saturated carbocycles. The van der Waals surface area contributed by atoms with Crippen LogP contribution in [-0.2, 0) is 10.0 Å². The molecule has 0 atom stereocenters. The Morgan fingerprint density at radius 1 is 1.37 bits per heavy atom. The molecule has 0 unspecified atom stereocenters. The van der Waals surface area contributed by atoms with E-state index >= 15 is 0 Å². The van der Waals surface area contributed by atoms with Crippen molar-refractivity contribution in [1.29, 1.82) is 0 Å². The highest BCUT2D eigenvalue weighted by atomic mass is 32.2. The third kappa shape index (κ3) is 4.63. The topological polar surface area (TPSA) is 72.2 Å². The Balaban J connectivity index is 3.16. The summed E-state index contributed by atoms with van der Waals surface area (Å²) in [6.07, 6.45) is 0. The fourth-order valence-electron chi connectivity index (χ4n) is 1.41. The Hall–Kier alpha value is -1.42. The van der Waals surface area contributed by atoms with Gasteiger partial charge in [-0.2, -0.15) is 0 Å². The van der Waals surface area contributed by atoms with Crippen LogP contribution < -0.4 is 10.5 Å². The van der Waals surface area contributed by atoms with Gasteiger partial charge in [0.2, 0.25) is 10.0 Å². The zero-order valence-electron chi connectivity index (χ0n) is 11.1. The summed E-state index contributed by atoms with van der Waals surface area (Å²) >= 11 is 0. The predicted molar refractivity (Wildman–Crippen MR) is 72.4 cm³/mol. The summed E-state index contributed by atoms with van der Waals surface area (Å²) < 4.78 is 40.2. The molecule has 3 N–H and O–H groups in total. The first kappa shape index (κ1) is 15.6. The van der Waals surface area contributed by atoms with E-state index in [1.165, 1.54) is 12.1 Å². The molecular weight excluding hydrogens is 267 g/mol. The van der Waals surface area contributed by atoms with Gasteiger partial charge in [0, 0.05) is 11.1 Å². The number of nitrogens with one attached hydrogen (secondary N) is 1. The lowest BCUT2D eigenvalue weighted by atomic mass is 10.1. The summed E-state index contributed by atoms with van der Waals surface area (Å²) in [5.74, 6) is 4.38. The lowest BCUT2D eigenvalue weighted by molar-refractivity contribution is 0.486. The van der Waals surface area contributed by atoms with Gasteiger partial charge in [-0.25, -0.2) is 17.5 Å². The molecule has 19 heavy (non-hydrogen) atoms. The first-order valence-electron chi connectivity index (χ1n) is 5.68. The van der Waals surface area contributed by atoms with Gasteiger partial charge in [0.25, 0.3) is 0 Å². The van der Waals surface area contributed by atoms with E-state index in [9.17, 15) is 12.8 Å². The highest BCUT2D eigenvalue weighted by molar-refractivity contribution is 7.89. The average molecular weight is 284 g/mol. The minimum atomic E-state index is -3.88. The van der Waals surface area contributed by atoms with Crippen molar-refractivity contribution in [1.82, 2.24) is 4.72 Å². The van der Waals surface area contributed by atoms with Crippen molar-refractivity contribution in [3.63, 3.8) is 0 Å². The minimum Gasteiger partial charge on any atom is -0.320 e. The summed E-state index contributed by atoms with van der Waals surface area (Å²) in [6.45, 7) is 5.21. The van der Waals surface area contributed by atoms with E-state index in [-0.39, 0.29) is 11.4 Å². The van der Waals surface area contributed by atoms with Gasteiger partial charge in [-0.1, -0.05) is 11.8 Å². The van der Waals surface area contributed by atoms with Gasteiger partial charge in [0.15, 0.2) is 0 Å². The average Bonchev–Trinajstić information content (AvgIpc) is 2.22. The number of halogens is 1. The normalized spacial score (nSPS) is 11.8. The molecule has 0 bridgehead atoms. The molecule has 0 saturated heterocycles. The third-order valence-electron chi connectivity index (χ3n) is 2.00. The SMILES string of the molecule is CC(C)(C)NS(=O)(=O)c1ccc(C#CCN)cc1F. The molecule has 0 aliphatic carbocycles. The first-order valence-corrected chi connectivity index (χ1v) is 7.16. The lowest BCUT2D eigenvalue weighted by Crippen LogP contribution is -2.40. The number of nitrogens with two attached hydrogens (primary N) is 1. The molecule has 0 radical (unpaired) electrons. The fourth-order valence-corrected chi connectivity index (χ4v) is 2.89. The van der Waals surface area contributed by atoms with Gasteiger partial charge < -0.3 is 5.73 Å². The van der Waals surface area contributed by atoms with E-state index in [2.05, 4.69) is 16.6 Å². The summed E-state index contributed by atoms with van der Waals surface area (Å²) in [5, 5.41) is 0. The monoisotopic (exact) mass is 284 g/mol. The molecule has 0 aliphatic rings. The maximum absolute atomic E-state index is 13.8. The number of hydrogen-bond acceptors (Lipinski definition) is 3. The standard InChI is InChI=1S/C13H17FN2O2S/c1-13(2,3)16-19(17,18)12-7-6-10(5-4-8-15)9-11(12)14/h6-7,9,16H,8,15H2,1-3H3. The van der Waals surface area contributed by atoms with Gasteiger partial charge in [0.05, 0.1) is 6.54 Å². The Morgan fingerprint density at radius 2 is 2.00 bits per heavy atom. The molecule has 6 heteroatoms. The van der Waals surface area contributed by atoms with Crippen LogP contribution in [0.15, 0.2) is 23.1 Å². The van der Waals surface area contributed by atoms with Crippen molar-refractivity contribution in [2.75, 3.05) is 6.54 Å². The molecule has 0 aliphatic heterocycles. The minimum absolute atomic E-state index is 0.160. The Morgan fingerprint density at radius 3 is 2.47 bits per heavy atom. The molecule has 104 valence electrons. The van der Waals surface area contributed by atoms with E-state index in [0.717, 1.165) is 6.07 Å². The Bertz CT molecular complexity index is 622. The van der Waals surface area contributed by atoms with Gasteiger partial charge in [-0.3, -0.25) is 0 Å². The van der Waals surface area contributed by atoms with E-state index < -0.39 is 21.4 Å². The second-order valence-corrected chi connectivity index (χ2v) is 6.66. The lowest BCUT2D eigenvalue weighted by Gasteiger charge is -2.20. The highest BCUT2D eigenvalue weighted by Gasteiger charge is 2.24. The number of sulfonamides is 1. The Labute approximate surface area is 113 Å². The zero-order chi connectivity index (χ0) is 14.7. The van der Waals surface area contributed by atoms with Crippen molar-refractivity contribution >= 4 is 10.0 Å². The van der Waals surface area contributed by atoms with Crippen LogP contribution >= 0.6 is 0 Å². The molecule has 0 amide bonds. The van der Waals surface area contributed by atoms with Gasteiger partial charge in [-0.05, 0) is 39.0 Å². The smallest absolute Gasteiger partial charge is 0.243 e. The quantitative estimate of drug-likeness (QED) is 0.802. The number of rotatable bonds is 2. The summed E-state index contributed by atoms with van der Waals surface area (Å²) in [6, 6.07) is 3.73. The predicted octanol–water partition coefficient (Wildman–Crippen LogP) is 1.21. The first-order chi connectivity index (χ1) is 8.65. The fraction of sp³-hybridized carbons (Fsp3) is 0.385. The maximum Gasteiger partial charge on any atom is 0.243 e. The molecule has 0 fully saturated rings. The van der Waals surface area contributed by atoms with Crippen LogP contribution in [0, 0.1) is 17.7 Å². The molecule has 0 heterocycles. The van der Waals surface area contributed by atoms with Crippen molar-refractivity contribution in [3.05, 3.63) is 29.6 Å². The van der Waals surface area contributed by atoms with Crippen molar-refractivity contribution in [2.45, 2.75) is 31.2 Å². The molecule has 1 aromatic rings. The van der Waals surface area contributed by atoms with Gasteiger partial charge in [-0.15, -0.1) is 0 Å². The third-order valence-corrected chi connectivity index (χ3v) is 3.79. The maximum atomic E-state index is 13.8. The second kappa shape index (κ2) is 5.70.